The van der Waals surface area contributed by atoms with E-state index in [1.807, 2.05) is 67.6 Å². The molecule has 37 heavy (non-hydrogen) atoms. The van der Waals surface area contributed by atoms with Crippen LogP contribution in [0.25, 0.3) is 22.2 Å². The first-order chi connectivity index (χ1) is 18.1. The fourth-order valence-electron chi connectivity index (χ4n) is 4.46. The number of hydrogen-bond acceptors (Lipinski definition) is 6. The number of rotatable bonds is 7. The number of amides is 2. The lowest BCUT2D eigenvalue weighted by Crippen LogP contribution is -2.38. The van der Waals surface area contributed by atoms with E-state index in [2.05, 4.69) is 15.2 Å². The summed E-state index contributed by atoms with van der Waals surface area (Å²) in [5.74, 6) is -0.468. The number of nitrogens with zero attached hydrogens (tertiary/aromatic N) is 4. The molecular weight excluding hydrogens is 466 g/mol. The van der Waals surface area contributed by atoms with E-state index in [0.29, 0.717) is 29.0 Å². The lowest BCUT2D eigenvalue weighted by molar-refractivity contribution is -0.116. The highest BCUT2D eigenvalue weighted by molar-refractivity contribution is 6.08. The zero-order valence-electron chi connectivity index (χ0n) is 20.8. The predicted molar refractivity (Wildman–Crippen MR) is 145 cm³/mol. The SMILES string of the molecule is CCN(CC(=O)Nc1ccc(N2CCOCC2)cc1)C(=O)c1cc(-c2cccnc2)nc2ccccc12. The summed E-state index contributed by atoms with van der Waals surface area (Å²) >= 11 is 0. The molecule has 188 valence electrons. The van der Waals surface area contributed by atoms with E-state index in [9.17, 15) is 9.59 Å². The van der Waals surface area contributed by atoms with Gasteiger partial charge in [0.05, 0.1) is 30.0 Å². The molecule has 1 fully saturated rings. The van der Waals surface area contributed by atoms with Crippen LogP contribution in [0, 0.1) is 0 Å². The van der Waals surface area contributed by atoms with Crippen molar-refractivity contribution in [3.8, 4) is 11.3 Å². The average Bonchev–Trinajstić information content (AvgIpc) is 2.96. The zero-order valence-corrected chi connectivity index (χ0v) is 20.8. The average molecular weight is 496 g/mol. The van der Waals surface area contributed by atoms with Crippen LogP contribution in [0.2, 0.25) is 0 Å². The molecule has 0 saturated carbocycles. The second kappa shape index (κ2) is 11.2. The van der Waals surface area contributed by atoms with E-state index in [1.54, 1.807) is 23.4 Å². The van der Waals surface area contributed by atoms with Gasteiger partial charge in [-0.15, -0.1) is 0 Å². The van der Waals surface area contributed by atoms with Gasteiger partial charge in [-0.3, -0.25) is 14.6 Å². The number of hydrogen-bond donors (Lipinski definition) is 1. The number of nitrogens with one attached hydrogen (secondary N) is 1. The second-order valence-electron chi connectivity index (χ2n) is 8.83. The van der Waals surface area contributed by atoms with Crippen molar-refractivity contribution in [2.75, 3.05) is 49.6 Å². The lowest BCUT2D eigenvalue weighted by atomic mass is 10.0. The molecule has 5 rings (SSSR count). The minimum absolute atomic E-state index is 0.0561. The third kappa shape index (κ3) is 5.59. The van der Waals surface area contributed by atoms with Crippen LogP contribution in [0.4, 0.5) is 11.4 Å². The summed E-state index contributed by atoms with van der Waals surface area (Å²) in [6.07, 6.45) is 3.42. The molecule has 4 aromatic rings. The lowest BCUT2D eigenvalue weighted by Gasteiger charge is -2.29. The van der Waals surface area contributed by atoms with Gasteiger partial charge >= 0.3 is 0 Å². The van der Waals surface area contributed by atoms with Gasteiger partial charge in [0.15, 0.2) is 0 Å². The molecule has 0 bridgehead atoms. The summed E-state index contributed by atoms with van der Waals surface area (Å²) in [5, 5.41) is 3.67. The van der Waals surface area contributed by atoms with Crippen LogP contribution in [-0.2, 0) is 9.53 Å². The first-order valence-corrected chi connectivity index (χ1v) is 12.4. The van der Waals surface area contributed by atoms with Crippen LogP contribution >= 0.6 is 0 Å². The number of fused-ring (bicyclic) bond motifs is 1. The number of ether oxygens (including phenoxy) is 1. The van der Waals surface area contributed by atoms with Crippen molar-refractivity contribution in [3.05, 3.63) is 84.7 Å². The molecule has 3 heterocycles. The van der Waals surface area contributed by atoms with E-state index >= 15 is 0 Å². The molecule has 2 aromatic carbocycles. The van der Waals surface area contributed by atoms with Crippen LogP contribution in [0.3, 0.4) is 0 Å². The second-order valence-corrected chi connectivity index (χ2v) is 8.83. The molecular formula is C29H29N5O3. The van der Waals surface area contributed by atoms with Gasteiger partial charge in [-0.1, -0.05) is 18.2 Å². The number of benzene rings is 2. The van der Waals surface area contributed by atoms with E-state index in [1.165, 1.54) is 0 Å². The maximum absolute atomic E-state index is 13.7. The molecule has 1 saturated heterocycles. The Hall–Kier alpha value is -4.30. The topological polar surface area (TPSA) is 87.7 Å². The van der Waals surface area contributed by atoms with Crippen LogP contribution in [-0.4, -0.2) is 66.1 Å². The summed E-state index contributed by atoms with van der Waals surface area (Å²) < 4.78 is 5.41. The normalized spacial score (nSPS) is 13.4. The Labute approximate surface area is 215 Å². The van der Waals surface area contributed by atoms with Crippen LogP contribution < -0.4 is 10.2 Å². The number of para-hydroxylation sites is 1. The van der Waals surface area contributed by atoms with Crippen LogP contribution in [0.1, 0.15) is 17.3 Å². The molecule has 1 aliphatic rings. The largest absolute Gasteiger partial charge is 0.378 e. The van der Waals surface area contributed by atoms with Gasteiger partial charge in [0.25, 0.3) is 5.91 Å². The molecule has 8 heteroatoms. The summed E-state index contributed by atoms with van der Waals surface area (Å²) in [4.78, 5) is 39.3. The Kier molecular flexibility index (Phi) is 7.37. The molecule has 2 aromatic heterocycles. The van der Waals surface area contributed by atoms with Crippen LogP contribution in [0.15, 0.2) is 79.1 Å². The quantitative estimate of drug-likeness (QED) is 0.413. The van der Waals surface area contributed by atoms with Crippen molar-refractivity contribution < 1.29 is 14.3 Å². The highest BCUT2D eigenvalue weighted by atomic mass is 16.5. The Morgan fingerprint density at radius 3 is 2.54 bits per heavy atom. The van der Waals surface area contributed by atoms with Crippen molar-refractivity contribution in [2.24, 2.45) is 0 Å². The molecule has 1 aliphatic heterocycles. The van der Waals surface area contributed by atoms with Crippen molar-refractivity contribution in [3.63, 3.8) is 0 Å². The molecule has 0 atom stereocenters. The van der Waals surface area contributed by atoms with Gasteiger partial charge in [0.2, 0.25) is 5.91 Å². The fraction of sp³-hybridized carbons (Fsp3) is 0.241. The maximum Gasteiger partial charge on any atom is 0.255 e. The van der Waals surface area contributed by atoms with Gasteiger partial charge in [-0.2, -0.15) is 0 Å². The summed E-state index contributed by atoms with van der Waals surface area (Å²) in [6.45, 7) is 5.34. The number of pyridine rings is 2. The summed E-state index contributed by atoms with van der Waals surface area (Å²) in [5.41, 5.74) is 4.50. The fourth-order valence-corrected chi connectivity index (χ4v) is 4.46. The zero-order chi connectivity index (χ0) is 25.6. The molecule has 0 radical (unpaired) electrons. The first-order valence-electron chi connectivity index (χ1n) is 12.4. The number of morpholine rings is 1. The van der Waals surface area contributed by atoms with E-state index in [-0.39, 0.29) is 18.4 Å². The predicted octanol–water partition coefficient (Wildman–Crippen LogP) is 4.23. The molecule has 0 aliphatic carbocycles. The number of aromatic nitrogens is 2. The van der Waals surface area contributed by atoms with Gasteiger partial charge in [-0.25, -0.2) is 4.98 Å². The first kappa shape index (κ1) is 24.4. The van der Waals surface area contributed by atoms with E-state index in [4.69, 9.17) is 9.72 Å². The monoisotopic (exact) mass is 495 g/mol. The van der Waals surface area contributed by atoms with Crippen molar-refractivity contribution >= 4 is 34.1 Å². The van der Waals surface area contributed by atoms with Crippen molar-refractivity contribution in [2.45, 2.75) is 6.92 Å². The van der Waals surface area contributed by atoms with Gasteiger partial charge in [0.1, 0.15) is 6.54 Å². The number of likely N-dealkylation sites (N-methyl/N-ethyl adjacent to an activating group) is 1. The summed E-state index contributed by atoms with van der Waals surface area (Å²) in [6, 6.07) is 20.8. The van der Waals surface area contributed by atoms with E-state index < -0.39 is 0 Å². The Bertz CT molecular complexity index is 1390. The standard InChI is InChI=1S/C29H29N5O3/c1-2-33(20-28(35)31-22-9-11-23(12-10-22)34-14-16-37-17-15-34)29(36)25-18-27(21-6-5-13-30-19-21)32-26-8-4-3-7-24(25)26/h3-13,18-19H,2,14-17,20H2,1H3,(H,31,35). The Balaban J connectivity index is 1.33. The van der Waals surface area contributed by atoms with Gasteiger partial charge < -0.3 is 19.9 Å². The highest BCUT2D eigenvalue weighted by Crippen LogP contribution is 2.26. The third-order valence-electron chi connectivity index (χ3n) is 6.43. The molecule has 1 N–H and O–H groups in total. The minimum atomic E-state index is -0.250. The molecule has 0 spiro atoms. The maximum atomic E-state index is 13.7. The Morgan fingerprint density at radius 2 is 1.81 bits per heavy atom. The smallest absolute Gasteiger partial charge is 0.255 e. The van der Waals surface area contributed by atoms with Crippen LogP contribution in [0.5, 0.6) is 0 Å². The highest BCUT2D eigenvalue weighted by Gasteiger charge is 2.21. The number of carbonyl (C=O) groups excluding carboxylic acids is 2. The van der Waals surface area contributed by atoms with Gasteiger partial charge in [-0.05, 0) is 55.5 Å². The van der Waals surface area contributed by atoms with Gasteiger partial charge in [0, 0.05) is 54.4 Å². The number of carbonyl (C=O) groups is 2. The van der Waals surface area contributed by atoms with Crippen molar-refractivity contribution in [1.29, 1.82) is 0 Å². The molecule has 2 amide bonds. The molecule has 8 nitrogen and oxygen atoms in total. The molecule has 0 unspecified atom stereocenters. The summed E-state index contributed by atoms with van der Waals surface area (Å²) in [7, 11) is 0. The van der Waals surface area contributed by atoms with E-state index in [0.717, 1.165) is 42.9 Å². The number of anilines is 2. The Morgan fingerprint density at radius 1 is 1.03 bits per heavy atom. The minimum Gasteiger partial charge on any atom is -0.378 e. The third-order valence-corrected chi connectivity index (χ3v) is 6.43. The van der Waals surface area contributed by atoms with Crippen molar-refractivity contribution in [1.82, 2.24) is 14.9 Å².